The molecule has 0 amide bonds. The maximum Gasteiger partial charge on any atom is 0.270 e. The molecule has 134 valence electrons. The number of rotatable bonds is 10. The molecule has 0 bridgehead atoms. The summed E-state index contributed by atoms with van der Waals surface area (Å²) in [7, 11) is 0. The zero-order chi connectivity index (χ0) is 17.4. The molecule has 1 saturated heterocycles. The van der Waals surface area contributed by atoms with Gasteiger partial charge in [-0.3, -0.25) is 10.1 Å². The van der Waals surface area contributed by atoms with Gasteiger partial charge in [-0.25, -0.2) is 0 Å². The number of hydrogen-bond acceptors (Lipinski definition) is 4. The van der Waals surface area contributed by atoms with Crippen molar-refractivity contribution in [2.75, 3.05) is 13.2 Å². The standard InChI is InChI=1S/C19H29NO4/c1-2-3-4-5-6-7-8-16-9-11-17(12-10-16)18-13-19(14-21,15-24-18)20(22)23/h9-12,18,21H,2-8,13-15H2,1H3/t18-,19+/m1/s1. The van der Waals surface area contributed by atoms with E-state index in [0.717, 1.165) is 12.0 Å². The van der Waals surface area contributed by atoms with Crippen LogP contribution < -0.4 is 0 Å². The van der Waals surface area contributed by atoms with Crippen molar-refractivity contribution in [1.29, 1.82) is 0 Å². The average Bonchev–Trinajstić information content (AvgIpc) is 3.04. The number of hydrogen-bond donors (Lipinski definition) is 1. The van der Waals surface area contributed by atoms with Crippen LogP contribution in [-0.2, 0) is 11.2 Å². The van der Waals surface area contributed by atoms with E-state index in [4.69, 9.17) is 4.74 Å². The third-order valence-corrected chi connectivity index (χ3v) is 4.97. The Balaban J connectivity index is 1.81. The minimum Gasteiger partial charge on any atom is -0.389 e. The number of nitro groups is 1. The van der Waals surface area contributed by atoms with E-state index in [0.29, 0.717) is 0 Å². The topological polar surface area (TPSA) is 72.6 Å². The summed E-state index contributed by atoms with van der Waals surface area (Å²) in [6.45, 7) is 1.72. The lowest BCUT2D eigenvalue weighted by molar-refractivity contribution is -0.570. The van der Waals surface area contributed by atoms with Gasteiger partial charge in [0, 0.05) is 4.92 Å². The highest BCUT2D eigenvalue weighted by molar-refractivity contribution is 5.25. The van der Waals surface area contributed by atoms with Crippen LogP contribution in [-0.4, -0.2) is 28.8 Å². The predicted molar refractivity (Wildman–Crippen MR) is 93.6 cm³/mol. The molecule has 0 radical (unpaired) electrons. The second-order valence-corrected chi connectivity index (χ2v) is 6.90. The maximum absolute atomic E-state index is 11.2. The van der Waals surface area contributed by atoms with Crippen LogP contribution in [0.4, 0.5) is 0 Å². The average molecular weight is 335 g/mol. The summed E-state index contributed by atoms with van der Waals surface area (Å²) in [4.78, 5) is 10.8. The Morgan fingerprint density at radius 3 is 2.46 bits per heavy atom. The molecule has 0 unspecified atom stereocenters. The first kappa shape index (κ1) is 18.9. The molecule has 1 fully saturated rings. The van der Waals surface area contributed by atoms with Crippen LogP contribution in [0.1, 0.15) is 69.1 Å². The van der Waals surface area contributed by atoms with Crippen molar-refractivity contribution in [3.63, 3.8) is 0 Å². The molecule has 1 aromatic rings. The summed E-state index contributed by atoms with van der Waals surface area (Å²) in [5, 5.41) is 20.5. The summed E-state index contributed by atoms with van der Waals surface area (Å²) in [5.74, 6) is 0. The molecule has 0 aliphatic carbocycles. The van der Waals surface area contributed by atoms with Gasteiger partial charge in [-0.1, -0.05) is 63.3 Å². The highest BCUT2D eigenvalue weighted by Crippen LogP contribution is 2.36. The lowest BCUT2D eigenvalue weighted by Crippen LogP contribution is -2.42. The van der Waals surface area contributed by atoms with Crippen LogP contribution in [0.25, 0.3) is 0 Å². The normalized spacial score (nSPS) is 23.5. The van der Waals surface area contributed by atoms with Crippen molar-refractivity contribution in [1.82, 2.24) is 0 Å². The smallest absolute Gasteiger partial charge is 0.270 e. The Morgan fingerprint density at radius 1 is 1.21 bits per heavy atom. The monoisotopic (exact) mass is 335 g/mol. The van der Waals surface area contributed by atoms with Crippen LogP contribution in [0.15, 0.2) is 24.3 Å². The fourth-order valence-corrected chi connectivity index (χ4v) is 3.24. The minimum absolute atomic E-state index is 0.0271. The van der Waals surface area contributed by atoms with Crippen molar-refractivity contribution in [2.45, 2.75) is 69.9 Å². The van der Waals surface area contributed by atoms with E-state index in [-0.39, 0.29) is 19.1 Å². The fourth-order valence-electron chi connectivity index (χ4n) is 3.24. The second kappa shape index (κ2) is 9.14. The number of benzene rings is 1. The van der Waals surface area contributed by atoms with E-state index < -0.39 is 17.1 Å². The molecule has 5 nitrogen and oxygen atoms in total. The molecule has 1 aliphatic rings. The molecular weight excluding hydrogens is 306 g/mol. The van der Waals surface area contributed by atoms with Crippen molar-refractivity contribution < 1.29 is 14.8 Å². The molecule has 5 heteroatoms. The molecule has 1 heterocycles. The molecule has 24 heavy (non-hydrogen) atoms. The van der Waals surface area contributed by atoms with Gasteiger partial charge in [0.15, 0.2) is 0 Å². The first-order chi connectivity index (χ1) is 11.6. The number of aliphatic hydroxyl groups excluding tert-OH is 1. The Kier molecular flexibility index (Phi) is 7.18. The number of ether oxygens (including phenoxy) is 1. The SMILES string of the molecule is CCCCCCCCc1ccc([C@H]2C[C@@](CO)([N+](=O)[O-])CO2)cc1. The van der Waals surface area contributed by atoms with Crippen LogP contribution in [0, 0.1) is 10.1 Å². The van der Waals surface area contributed by atoms with Crippen LogP contribution in [0.2, 0.25) is 0 Å². The number of nitrogens with zero attached hydrogens (tertiary/aromatic N) is 1. The first-order valence-corrected chi connectivity index (χ1v) is 9.07. The number of aliphatic hydroxyl groups is 1. The molecule has 1 aliphatic heterocycles. The molecule has 0 aromatic heterocycles. The molecule has 1 aromatic carbocycles. The first-order valence-electron chi connectivity index (χ1n) is 9.07. The molecule has 2 atom stereocenters. The van der Waals surface area contributed by atoms with Crippen LogP contribution in [0.5, 0.6) is 0 Å². The Labute approximate surface area is 144 Å². The van der Waals surface area contributed by atoms with Crippen molar-refractivity contribution in [2.24, 2.45) is 0 Å². The third kappa shape index (κ3) is 4.77. The van der Waals surface area contributed by atoms with Crippen LogP contribution >= 0.6 is 0 Å². The predicted octanol–water partition coefficient (Wildman–Crippen LogP) is 4.06. The summed E-state index contributed by atoms with van der Waals surface area (Å²) in [6, 6.07) is 8.20. The summed E-state index contributed by atoms with van der Waals surface area (Å²) < 4.78 is 5.58. The molecule has 0 spiro atoms. The summed E-state index contributed by atoms with van der Waals surface area (Å²) >= 11 is 0. The van der Waals surface area contributed by atoms with Gasteiger partial charge in [-0.2, -0.15) is 0 Å². The van der Waals surface area contributed by atoms with Gasteiger partial charge >= 0.3 is 0 Å². The Hall–Kier alpha value is -1.46. The third-order valence-electron chi connectivity index (χ3n) is 4.97. The molecule has 2 rings (SSSR count). The minimum atomic E-state index is -1.35. The lowest BCUT2D eigenvalue weighted by Gasteiger charge is -2.15. The van der Waals surface area contributed by atoms with E-state index in [1.807, 2.05) is 12.1 Å². The van der Waals surface area contributed by atoms with Gasteiger partial charge in [0.05, 0.1) is 12.5 Å². The second-order valence-electron chi connectivity index (χ2n) is 6.90. The van der Waals surface area contributed by atoms with E-state index >= 15 is 0 Å². The van der Waals surface area contributed by atoms with Gasteiger partial charge < -0.3 is 9.84 Å². The zero-order valence-corrected chi connectivity index (χ0v) is 14.6. The lowest BCUT2D eigenvalue weighted by atomic mass is 9.94. The highest BCUT2D eigenvalue weighted by atomic mass is 16.6. The van der Waals surface area contributed by atoms with Crippen LogP contribution in [0.3, 0.4) is 0 Å². The van der Waals surface area contributed by atoms with E-state index in [1.165, 1.54) is 44.1 Å². The summed E-state index contributed by atoms with van der Waals surface area (Å²) in [6.07, 6.45) is 8.73. The van der Waals surface area contributed by atoms with Crippen molar-refractivity contribution in [3.05, 3.63) is 45.5 Å². The number of unbranched alkanes of at least 4 members (excludes halogenated alkanes) is 5. The number of aryl methyl sites for hydroxylation is 1. The molecule has 1 N–H and O–H groups in total. The molecular formula is C19H29NO4. The van der Waals surface area contributed by atoms with Crippen molar-refractivity contribution in [3.8, 4) is 0 Å². The Bertz CT molecular complexity index is 517. The fraction of sp³-hybridized carbons (Fsp3) is 0.684. The quantitative estimate of drug-likeness (QED) is 0.397. The van der Waals surface area contributed by atoms with E-state index in [9.17, 15) is 15.2 Å². The van der Waals surface area contributed by atoms with E-state index in [1.54, 1.807) is 0 Å². The van der Waals surface area contributed by atoms with E-state index in [2.05, 4.69) is 19.1 Å². The summed E-state index contributed by atoms with van der Waals surface area (Å²) in [5.41, 5.74) is 0.913. The van der Waals surface area contributed by atoms with Crippen molar-refractivity contribution >= 4 is 0 Å². The maximum atomic E-state index is 11.2. The van der Waals surface area contributed by atoms with Gasteiger partial charge in [0.1, 0.15) is 13.2 Å². The molecule has 0 saturated carbocycles. The van der Waals surface area contributed by atoms with Gasteiger partial charge in [0.2, 0.25) is 0 Å². The zero-order valence-electron chi connectivity index (χ0n) is 14.6. The van der Waals surface area contributed by atoms with Gasteiger partial charge in [0.25, 0.3) is 5.54 Å². The Morgan fingerprint density at radius 2 is 1.88 bits per heavy atom. The van der Waals surface area contributed by atoms with Gasteiger partial charge in [-0.15, -0.1) is 0 Å². The van der Waals surface area contributed by atoms with Gasteiger partial charge in [-0.05, 0) is 24.0 Å². The highest BCUT2D eigenvalue weighted by Gasteiger charge is 2.51. The largest absolute Gasteiger partial charge is 0.389 e.